The molecule has 0 saturated heterocycles. The van der Waals surface area contributed by atoms with Crippen molar-refractivity contribution < 1.29 is 9.47 Å². The first-order valence-corrected chi connectivity index (χ1v) is 6.88. The van der Waals surface area contributed by atoms with Crippen molar-refractivity contribution in [2.45, 2.75) is 25.3 Å². The molecule has 1 N–H and O–H groups in total. The van der Waals surface area contributed by atoms with E-state index in [9.17, 15) is 0 Å². The first-order chi connectivity index (χ1) is 9.28. The molecule has 1 aliphatic rings. The topological polar surface area (TPSA) is 30.5 Å². The largest absolute Gasteiger partial charge is 0.489 e. The molecule has 0 bridgehead atoms. The van der Waals surface area contributed by atoms with Gasteiger partial charge in [-0.2, -0.15) is 0 Å². The van der Waals surface area contributed by atoms with Gasteiger partial charge in [0, 0.05) is 19.7 Å². The second-order valence-electron chi connectivity index (χ2n) is 5.08. The fourth-order valence-electron chi connectivity index (χ4n) is 1.78. The molecule has 0 unspecified atom stereocenters. The number of ether oxygens (including phenoxy) is 2. The molecule has 3 nitrogen and oxygen atoms in total. The number of hydrogen-bond acceptors (Lipinski definition) is 3. The van der Waals surface area contributed by atoms with E-state index in [4.69, 9.17) is 9.47 Å². The van der Waals surface area contributed by atoms with E-state index in [1.165, 1.54) is 18.4 Å². The lowest BCUT2D eigenvalue weighted by molar-refractivity contribution is 0.202. The normalized spacial score (nSPS) is 14.4. The van der Waals surface area contributed by atoms with Gasteiger partial charge in [-0.25, -0.2) is 0 Å². The Labute approximate surface area is 115 Å². The van der Waals surface area contributed by atoms with Gasteiger partial charge in [0.1, 0.15) is 12.4 Å². The molecule has 0 heterocycles. The van der Waals surface area contributed by atoms with Crippen LogP contribution in [0.5, 0.6) is 5.75 Å². The van der Waals surface area contributed by atoms with Gasteiger partial charge in [-0.15, -0.1) is 0 Å². The van der Waals surface area contributed by atoms with Crippen LogP contribution in [-0.4, -0.2) is 32.9 Å². The Morgan fingerprint density at radius 2 is 2.05 bits per heavy atom. The zero-order chi connectivity index (χ0) is 13.5. The van der Waals surface area contributed by atoms with Crippen LogP contribution in [0.25, 0.3) is 0 Å². The van der Waals surface area contributed by atoms with Crippen molar-refractivity contribution in [3.8, 4) is 5.75 Å². The molecule has 104 valence electrons. The molecular formula is C16H23NO2. The fraction of sp³-hybridized carbons (Fsp3) is 0.500. The molecule has 1 aromatic carbocycles. The Bertz CT molecular complexity index is 396. The van der Waals surface area contributed by atoms with E-state index in [2.05, 4.69) is 24.0 Å². The highest BCUT2D eigenvalue weighted by atomic mass is 16.5. The monoisotopic (exact) mass is 261 g/mol. The second-order valence-corrected chi connectivity index (χ2v) is 5.08. The minimum Gasteiger partial charge on any atom is -0.489 e. The van der Waals surface area contributed by atoms with Crippen molar-refractivity contribution >= 4 is 0 Å². The molecule has 0 aromatic heterocycles. The van der Waals surface area contributed by atoms with Crippen LogP contribution in [0, 0.1) is 0 Å². The summed E-state index contributed by atoms with van der Waals surface area (Å²) in [4.78, 5) is 0. The van der Waals surface area contributed by atoms with Gasteiger partial charge in [0.05, 0.1) is 6.61 Å². The summed E-state index contributed by atoms with van der Waals surface area (Å²) in [5.41, 5.74) is 2.36. The molecule has 1 aromatic rings. The molecule has 0 aliphatic heterocycles. The highest BCUT2D eigenvalue weighted by molar-refractivity contribution is 5.27. The van der Waals surface area contributed by atoms with Gasteiger partial charge in [0.25, 0.3) is 0 Å². The number of hydrogen-bond donors (Lipinski definition) is 1. The van der Waals surface area contributed by atoms with Gasteiger partial charge in [0.15, 0.2) is 0 Å². The second kappa shape index (κ2) is 7.31. The Hall–Kier alpha value is -1.32. The van der Waals surface area contributed by atoms with Crippen LogP contribution in [0.3, 0.4) is 0 Å². The maximum absolute atomic E-state index is 5.71. The summed E-state index contributed by atoms with van der Waals surface area (Å²) in [5.74, 6) is 0.897. The van der Waals surface area contributed by atoms with Crippen LogP contribution in [0.4, 0.5) is 0 Å². The molecule has 0 spiro atoms. The molecule has 0 radical (unpaired) electrons. The molecule has 3 heteroatoms. The van der Waals surface area contributed by atoms with Crippen LogP contribution >= 0.6 is 0 Å². The average Bonchev–Trinajstić information content (AvgIpc) is 3.26. The first kappa shape index (κ1) is 14.1. The quantitative estimate of drug-likeness (QED) is 0.693. The van der Waals surface area contributed by atoms with E-state index >= 15 is 0 Å². The third-order valence-corrected chi connectivity index (χ3v) is 3.18. The van der Waals surface area contributed by atoms with E-state index in [1.54, 1.807) is 7.11 Å². The maximum atomic E-state index is 5.71. The lowest BCUT2D eigenvalue weighted by Gasteiger charge is -2.10. The summed E-state index contributed by atoms with van der Waals surface area (Å²) in [6, 6.07) is 8.90. The zero-order valence-corrected chi connectivity index (χ0v) is 11.7. The van der Waals surface area contributed by atoms with E-state index in [0.29, 0.717) is 6.61 Å². The first-order valence-electron chi connectivity index (χ1n) is 6.88. The molecule has 0 amide bonds. The van der Waals surface area contributed by atoms with Crippen LogP contribution in [0.15, 0.2) is 36.4 Å². The van der Waals surface area contributed by atoms with Gasteiger partial charge in [-0.1, -0.05) is 18.7 Å². The Balaban J connectivity index is 1.67. The lowest BCUT2D eigenvalue weighted by Crippen LogP contribution is -2.21. The predicted octanol–water partition coefficient (Wildman–Crippen LogP) is 2.56. The summed E-state index contributed by atoms with van der Waals surface area (Å²) in [7, 11) is 1.72. The van der Waals surface area contributed by atoms with E-state index in [0.717, 1.165) is 36.9 Å². The molecule has 1 aliphatic carbocycles. The Morgan fingerprint density at radius 1 is 1.32 bits per heavy atom. The Kier molecular flexibility index (Phi) is 5.43. The van der Waals surface area contributed by atoms with Crippen LogP contribution in [0.2, 0.25) is 0 Å². The van der Waals surface area contributed by atoms with Crippen LogP contribution < -0.4 is 10.1 Å². The minimum atomic E-state index is 0.580. The summed E-state index contributed by atoms with van der Waals surface area (Å²) in [5, 5.41) is 3.43. The SMILES string of the molecule is C=C(CNC1CC1)COc1ccc(CCOC)cc1. The minimum absolute atomic E-state index is 0.580. The van der Waals surface area contributed by atoms with Gasteiger partial charge < -0.3 is 14.8 Å². The molecule has 1 fully saturated rings. The lowest BCUT2D eigenvalue weighted by atomic mass is 10.1. The Morgan fingerprint density at radius 3 is 2.68 bits per heavy atom. The molecule has 19 heavy (non-hydrogen) atoms. The molecule has 0 atom stereocenters. The number of rotatable bonds is 9. The van der Waals surface area contributed by atoms with Gasteiger partial charge in [-0.05, 0) is 42.5 Å². The van der Waals surface area contributed by atoms with E-state index in [1.807, 2.05) is 12.1 Å². The van der Waals surface area contributed by atoms with Crippen molar-refractivity contribution in [2.75, 3.05) is 26.9 Å². The average molecular weight is 261 g/mol. The summed E-state index contributed by atoms with van der Waals surface area (Å²) in [6.45, 7) is 6.22. The van der Waals surface area contributed by atoms with Gasteiger partial charge >= 0.3 is 0 Å². The van der Waals surface area contributed by atoms with E-state index in [-0.39, 0.29) is 0 Å². The maximum Gasteiger partial charge on any atom is 0.119 e. The molecule has 1 saturated carbocycles. The number of methoxy groups -OCH3 is 1. The van der Waals surface area contributed by atoms with E-state index < -0.39 is 0 Å². The molecular weight excluding hydrogens is 238 g/mol. The third-order valence-electron chi connectivity index (χ3n) is 3.18. The smallest absolute Gasteiger partial charge is 0.119 e. The predicted molar refractivity (Wildman–Crippen MR) is 77.7 cm³/mol. The van der Waals surface area contributed by atoms with Gasteiger partial charge in [0.2, 0.25) is 0 Å². The summed E-state index contributed by atoms with van der Waals surface area (Å²) < 4.78 is 10.8. The van der Waals surface area contributed by atoms with Crippen molar-refractivity contribution in [1.29, 1.82) is 0 Å². The van der Waals surface area contributed by atoms with Crippen LogP contribution in [0.1, 0.15) is 18.4 Å². The molecule has 2 rings (SSSR count). The zero-order valence-electron chi connectivity index (χ0n) is 11.7. The standard InChI is InChI=1S/C16H23NO2/c1-13(11-17-15-5-6-15)12-19-16-7-3-14(4-8-16)9-10-18-2/h3-4,7-8,15,17H,1,5-6,9-12H2,2H3. The van der Waals surface area contributed by atoms with Crippen molar-refractivity contribution in [3.05, 3.63) is 42.0 Å². The van der Waals surface area contributed by atoms with Gasteiger partial charge in [-0.3, -0.25) is 0 Å². The van der Waals surface area contributed by atoms with Crippen molar-refractivity contribution in [2.24, 2.45) is 0 Å². The highest BCUT2D eigenvalue weighted by Gasteiger charge is 2.19. The van der Waals surface area contributed by atoms with Crippen LogP contribution in [-0.2, 0) is 11.2 Å². The highest BCUT2D eigenvalue weighted by Crippen LogP contribution is 2.18. The van der Waals surface area contributed by atoms with Crippen molar-refractivity contribution in [3.63, 3.8) is 0 Å². The summed E-state index contributed by atoms with van der Waals surface area (Å²) >= 11 is 0. The third kappa shape index (κ3) is 5.45. The van der Waals surface area contributed by atoms with Crippen molar-refractivity contribution in [1.82, 2.24) is 5.32 Å². The summed E-state index contributed by atoms with van der Waals surface area (Å²) in [6.07, 6.45) is 3.54. The number of nitrogens with one attached hydrogen (secondary N) is 1. The number of benzene rings is 1. The fourth-order valence-corrected chi connectivity index (χ4v) is 1.78.